The van der Waals surface area contributed by atoms with Crippen LogP contribution in [0.2, 0.25) is 0 Å². The van der Waals surface area contributed by atoms with E-state index in [4.69, 9.17) is 17.2 Å². The number of H-pyrrole nitrogens is 1. The van der Waals surface area contributed by atoms with Gasteiger partial charge in [-0.15, -0.1) is 0 Å². The van der Waals surface area contributed by atoms with Gasteiger partial charge in [0.05, 0.1) is 6.04 Å². The monoisotopic (exact) mass is 623 g/mol. The minimum atomic E-state index is -1.42. The molecule has 12 N–H and O–H groups in total. The van der Waals surface area contributed by atoms with E-state index >= 15 is 0 Å². The highest BCUT2D eigenvalue weighted by Gasteiger charge is 2.31. The third kappa shape index (κ3) is 10.4. The summed E-state index contributed by atoms with van der Waals surface area (Å²) >= 11 is 0. The fraction of sp³-hybridized carbons (Fsp3) is 0.333. The molecule has 0 spiro atoms. The summed E-state index contributed by atoms with van der Waals surface area (Å²) in [6.07, 6.45) is 0.483. The number of benzene rings is 2. The summed E-state index contributed by atoms with van der Waals surface area (Å²) in [5.41, 5.74) is 18.6. The zero-order chi connectivity index (χ0) is 33.1. The normalized spacial score (nSPS) is 13.6. The molecule has 15 nitrogen and oxygen atoms in total. The standard InChI is InChI=1S/C30H37N7O8/c31-20(13-16-5-7-18(38)8-6-16)27(41)35-22(9-11-25(32)39)28(42)36-23(10-12-26(33)40)29(43)37-24(30(44)45)14-17-15-34-21-4-2-1-3-19(17)21/h1-8,15,20,22-24,34,38H,9-14,31H2,(H2,32,39)(H2,33,40)(H,35,41)(H,36,42)(H,37,43)(H,44,45). The predicted molar refractivity (Wildman–Crippen MR) is 162 cm³/mol. The Morgan fingerprint density at radius 3 is 1.82 bits per heavy atom. The summed E-state index contributed by atoms with van der Waals surface area (Å²) in [6, 6.07) is 7.92. The fourth-order valence-electron chi connectivity index (χ4n) is 4.63. The molecule has 0 aliphatic heterocycles. The van der Waals surface area contributed by atoms with Crippen molar-refractivity contribution in [3.63, 3.8) is 0 Å². The number of fused-ring (bicyclic) bond motifs is 1. The van der Waals surface area contributed by atoms with Crippen LogP contribution in [0, 0.1) is 0 Å². The van der Waals surface area contributed by atoms with Gasteiger partial charge in [0.2, 0.25) is 29.5 Å². The van der Waals surface area contributed by atoms with E-state index in [0.717, 1.165) is 10.9 Å². The first-order valence-corrected chi connectivity index (χ1v) is 14.1. The lowest BCUT2D eigenvalue weighted by molar-refractivity contribution is -0.142. The number of rotatable bonds is 17. The second-order valence-electron chi connectivity index (χ2n) is 10.6. The van der Waals surface area contributed by atoms with E-state index < -0.39 is 59.7 Å². The van der Waals surface area contributed by atoms with Gasteiger partial charge >= 0.3 is 5.97 Å². The lowest BCUT2D eigenvalue weighted by atomic mass is 10.0. The first-order valence-electron chi connectivity index (χ1n) is 14.1. The summed E-state index contributed by atoms with van der Waals surface area (Å²) in [6.45, 7) is 0. The van der Waals surface area contributed by atoms with Crippen LogP contribution in [0.25, 0.3) is 10.9 Å². The van der Waals surface area contributed by atoms with E-state index in [1.165, 1.54) is 12.1 Å². The minimum Gasteiger partial charge on any atom is -0.508 e. The number of nitrogens with one attached hydrogen (secondary N) is 4. The highest BCUT2D eigenvalue weighted by molar-refractivity contribution is 5.95. The molecule has 45 heavy (non-hydrogen) atoms. The van der Waals surface area contributed by atoms with E-state index in [1.54, 1.807) is 30.5 Å². The number of aromatic nitrogens is 1. The summed E-state index contributed by atoms with van der Waals surface area (Å²) < 4.78 is 0. The first-order chi connectivity index (χ1) is 21.3. The second kappa shape index (κ2) is 15.9. The molecule has 0 bridgehead atoms. The van der Waals surface area contributed by atoms with Gasteiger partial charge < -0.3 is 48.3 Å². The van der Waals surface area contributed by atoms with Gasteiger partial charge in [0, 0.05) is 36.4 Å². The van der Waals surface area contributed by atoms with Crippen LogP contribution in [0.15, 0.2) is 54.7 Å². The molecule has 2 aromatic carbocycles. The van der Waals surface area contributed by atoms with Crippen molar-refractivity contribution >= 4 is 46.4 Å². The van der Waals surface area contributed by atoms with Gasteiger partial charge in [-0.05, 0) is 48.6 Å². The highest BCUT2D eigenvalue weighted by Crippen LogP contribution is 2.19. The number of phenolic OH excluding ortho intramolecular Hbond substituents is 1. The summed E-state index contributed by atoms with van der Waals surface area (Å²) in [5.74, 6) is -5.36. The number of carboxylic acids is 1. The zero-order valence-corrected chi connectivity index (χ0v) is 24.3. The molecule has 4 unspecified atom stereocenters. The number of para-hydroxylation sites is 1. The van der Waals surface area contributed by atoms with Crippen LogP contribution in [0.3, 0.4) is 0 Å². The van der Waals surface area contributed by atoms with Crippen molar-refractivity contribution in [3.05, 3.63) is 65.9 Å². The summed E-state index contributed by atoms with van der Waals surface area (Å²) in [4.78, 5) is 77.6. The maximum absolute atomic E-state index is 13.3. The molecule has 3 aromatic rings. The van der Waals surface area contributed by atoms with Crippen molar-refractivity contribution < 1.29 is 39.0 Å². The van der Waals surface area contributed by atoms with E-state index in [9.17, 15) is 39.0 Å². The van der Waals surface area contributed by atoms with Crippen molar-refractivity contribution in [2.24, 2.45) is 17.2 Å². The topological polar surface area (TPSA) is 273 Å². The molecule has 0 fully saturated rings. The average Bonchev–Trinajstić information content (AvgIpc) is 3.40. The number of hydrogen-bond acceptors (Lipinski definition) is 8. The van der Waals surface area contributed by atoms with Crippen LogP contribution in [0.5, 0.6) is 5.75 Å². The number of amides is 5. The van der Waals surface area contributed by atoms with E-state index in [-0.39, 0.29) is 44.3 Å². The van der Waals surface area contributed by atoms with Gasteiger partial charge in [0.15, 0.2) is 0 Å². The zero-order valence-electron chi connectivity index (χ0n) is 24.3. The molecule has 0 radical (unpaired) electrons. The predicted octanol–water partition coefficient (Wildman–Crippen LogP) is -0.944. The van der Waals surface area contributed by atoms with Crippen LogP contribution >= 0.6 is 0 Å². The number of carbonyl (C=O) groups excluding carboxylic acids is 5. The average molecular weight is 624 g/mol. The largest absolute Gasteiger partial charge is 0.508 e. The number of carbonyl (C=O) groups is 6. The Labute approximate surface area is 257 Å². The molecule has 4 atom stereocenters. The Morgan fingerprint density at radius 2 is 1.27 bits per heavy atom. The number of nitrogens with two attached hydrogens (primary N) is 3. The third-order valence-electron chi connectivity index (χ3n) is 7.07. The number of hydrogen-bond donors (Lipinski definition) is 9. The summed E-state index contributed by atoms with van der Waals surface area (Å²) in [7, 11) is 0. The number of primary amides is 2. The molecule has 15 heteroatoms. The maximum Gasteiger partial charge on any atom is 0.326 e. The van der Waals surface area contributed by atoms with Crippen molar-refractivity contribution in [1.82, 2.24) is 20.9 Å². The lowest BCUT2D eigenvalue weighted by Crippen LogP contribution is -2.57. The van der Waals surface area contributed by atoms with Crippen molar-refractivity contribution in [3.8, 4) is 5.75 Å². The third-order valence-corrected chi connectivity index (χ3v) is 7.07. The Hall–Kier alpha value is -5.44. The number of phenols is 1. The van der Waals surface area contributed by atoms with Crippen molar-refractivity contribution in [1.29, 1.82) is 0 Å². The number of aliphatic carboxylic acids is 1. The SMILES string of the molecule is NC(=O)CCC(NC(=O)C(N)Cc1ccc(O)cc1)C(=O)NC(CCC(N)=O)C(=O)NC(Cc1c[nH]c2ccccc12)C(=O)O. The Bertz CT molecular complexity index is 1540. The molecule has 1 aromatic heterocycles. The van der Waals surface area contributed by atoms with Crippen LogP contribution < -0.4 is 33.2 Å². The first kappa shape index (κ1) is 34.1. The Balaban J connectivity index is 1.74. The van der Waals surface area contributed by atoms with Gasteiger partial charge in [0.1, 0.15) is 23.9 Å². The number of aromatic hydroxyl groups is 1. The molecule has 0 aliphatic rings. The molecular formula is C30H37N7O8. The molecule has 0 saturated heterocycles. The Kier molecular flexibility index (Phi) is 12.0. The fourth-order valence-corrected chi connectivity index (χ4v) is 4.63. The smallest absolute Gasteiger partial charge is 0.326 e. The van der Waals surface area contributed by atoms with Crippen molar-refractivity contribution in [2.75, 3.05) is 0 Å². The Morgan fingerprint density at radius 1 is 0.733 bits per heavy atom. The molecule has 5 amide bonds. The van der Waals surface area contributed by atoms with Crippen LogP contribution in [0.1, 0.15) is 36.8 Å². The van der Waals surface area contributed by atoms with Gasteiger partial charge in [-0.1, -0.05) is 30.3 Å². The molecule has 3 rings (SSSR count). The molecule has 1 heterocycles. The van der Waals surface area contributed by atoms with Crippen molar-refractivity contribution in [2.45, 2.75) is 62.7 Å². The van der Waals surface area contributed by atoms with Crippen LogP contribution in [0.4, 0.5) is 0 Å². The highest BCUT2D eigenvalue weighted by atomic mass is 16.4. The lowest BCUT2D eigenvalue weighted by Gasteiger charge is -2.25. The molecular weight excluding hydrogens is 586 g/mol. The van der Waals surface area contributed by atoms with E-state index in [2.05, 4.69) is 20.9 Å². The molecule has 0 aliphatic carbocycles. The van der Waals surface area contributed by atoms with Gasteiger partial charge in [-0.3, -0.25) is 24.0 Å². The number of carboxylic acid groups (broad SMARTS) is 1. The van der Waals surface area contributed by atoms with Gasteiger partial charge in [-0.25, -0.2) is 4.79 Å². The minimum absolute atomic E-state index is 0.0301. The molecule has 0 saturated carbocycles. The van der Waals surface area contributed by atoms with Crippen LogP contribution in [-0.2, 0) is 41.6 Å². The second-order valence-corrected chi connectivity index (χ2v) is 10.6. The van der Waals surface area contributed by atoms with Gasteiger partial charge in [-0.2, -0.15) is 0 Å². The summed E-state index contributed by atoms with van der Waals surface area (Å²) in [5, 5.41) is 27.4. The maximum atomic E-state index is 13.3. The quantitative estimate of drug-likeness (QED) is 0.0896. The van der Waals surface area contributed by atoms with Crippen LogP contribution in [-0.4, -0.2) is 74.9 Å². The molecule has 240 valence electrons. The van der Waals surface area contributed by atoms with E-state index in [0.29, 0.717) is 11.1 Å². The number of aromatic amines is 1. The van der Waals surface area contributed by atoms with E-state index in [1.807, 2.05) is 12.1 Å². The van der Waals surface area contributed by atoms with Gasteiger partial charge in [0.25, 0.3) is 0 Å².